The molecule has 0 amide bonds. The first-order valence-electron chi connectivity index (χ1n) is 10.6. The van der Waals surface area contributed by atoms with Crippen molar-refractivity contribution in [2.75, 3.05) is 26.8 Å². The number of ether oxygens (including phenoxy) is 2. The number of hydrogen-bond acceptors (Lipinski definition) is 3. The van der Waals surface area contributed by atoms with E-state index in [0.29, 0.717) is 19.8 Å². The molecule has 0 aromatic heterocycles. The van der Waals surface area contributed by atoms with Gasteiger partial charge in [0.1, 0.15) is 0 Å². The average Bonchev–Trinajstić information content (AvgIpc) is 3.59. The molecule has 3 rings (SSSR count). The first kappa shape index (κ1) is 21.3. The fourth-order valence-corrected chi connectivity index (χ4v) is 3.04. The van der Waals surface area contributed by atoms with Gasteiger partial charge in [0.05, 0.1) is 13.2 Å². The standard InChI is InChI=1S/C24H33N3O2/c1-25-24(26-14-7-15-28-17-21-12-13-21)27-16-22-10-5-6-11-23(22)19-29-18-20-8-3-2-4-9-20/h2-6,8-11,21H,7,12-19H2,1H3,(H2,25,26,27). The van der Waals surface area contributed by atoms with Crippen LogP contribution in [-0.4, -0.2) is 32.8 Å². The molecular formula is C24H33N3O2. The van der Waals surface area contributed by atoms with E-state index in [1.54, 1.807) is 7.05 Å². The van der Waals surface area contributed by atoms with Gasteiger partial charge in [0.2, 0.25) is 0 Å². The van der Waals surface area contributed by atoms with Crippen molar-refractivity contribution >= 4 is 5.96 Å². The summed E-state index contributed by atoms with van der Waals surface area (Å²) in [6.07, 6.45) is 3.67. The van der Waals surface area contributed by atoms with Crippen molar-refractivity contribution < 1.29 is 9.47 Å². The van der Waals surface area contributed by atoms with Gasteiger partial charge in [-0.1, -0.05) is 54.6 Å². The lowest BCUT2D eigenvalue weighted by Gasteiger charge is -2.14. The maximum atomic E-state index is 5.92. The van der Waals surface area contributed by atoms with E-state index in [0.717, 1.165) is 38.1 Å². The summed E-state index contributed by atoms with van der Waals surface area (Å²) in [7, 11) is 1.80. The lowest BCUT2D eigenvalue weighted by atomic mass is 10.1. The van der Waals surface area contributed by atoms with Crippen molar-refractivity contribution in [3.8, 4) is 0 Å². The van der Waals surface area contributed by atoms with Crippen LogP contribution in [0.4, 0.5) is 0 Å². The van der Waals surface area contributed by atoms with Gasteiger partial charge in [-0.25, -0.2) is 0 Å². The van der Waals surface area contributed by atoms with E-state index in [1.807, 2.05) is 18.2 Å². The molecule has 0 spiro atoms. The third kappa shape index (κ3) is 8.26. The highest BCUT2D eigenvalue weighted by Gasteiger charge is 2.20. The van der Waals surface area contributed by atoms with Gasteiger partial charge >= 0.3 is 0 Å². The molecule has 2 aromatic rings. The molecule has 0 atom stereocenters. The Balaban J connectivity index is 1.36. The van der Waals surface area contributed by atoms with Gasteiger partial charge in [0.25, 0.3) is 0 Å². The molecule has 1 saturated carbocycles. The molecule has 5 heteroatoms. The molecule has 0 heterocycles. The Morgan fingerprint density at radius 1 is 0.931 bits per heavy atom. The lowest BCUT2D eigenvalue weighted by Crippen LogP contribution is -2.37. The van der Waals surface area contributed by atoms with Crippen LogP contribution in [0.2, 0.25) is 0 Å². The van der Waals surface area contributed by atoms with Crippen LogP contribution in [-0.2, 0) is 29.2 Å². The molecule has 29 heavy (non-hydrogen) atoms. The van der Waals surface area contributed by atoms with Crippen LogP contribution in [0.1, 0.15) is 36.0 Å². The largest absolute Gasteiger partial charge is 0.381 e. The Labute approximate surface area is 174 Å². The van der Waals surface area contributed by atoms with Crippen LogP contribution in [0.15, 0.2) is 59.6 Å². The van der Waals surface area contributed by atoms with Crippen molar-refractivity contribution in [3.05, 3.63) is 71.3 Å². The Kier molecular flexibility index (Phi) is 9.01. The van der Waals surface area contributed by atoms with Crippen molar-refractivity contribution in [2.24, 2.45) is 10.9 Å². The number of nitrogens with zero attached hydrogens (tertiary/aromatic N) is 1. The van der Waals surface area contributed by atoms with Crippen LogP contribution in [0.5, 0.6) is 0 Å². The normalized spacial score (nSPS) is 14.0. The summed E-state index contributed by atoms with van der Waals surface area (Å²) in [5, 5.41) is 6.75. The second kappa shape index (κ2) is 12.2. The van der Waals surface area contributed by atoms with Crippen LogP contribution in [0, 0.1) is 5.92 Å². The highest BCUT2D eigenvalue weighted by Crippen LogP contribution is 2.28. The van der Waals surface area contributed by atoms with Crippen LogP contribution in [0.25, 0.3) is 0 Å². The number of nitrogens with one attached hydrogen (secondary N) is 2. The predicted molar refractivity (Wildman–Crippen MR) is 118 cm³/mol. The van der Waals surface area contributed by atoms with Crippen LogP contribution >= 0.6 is 0 Å². The van der Waals surface area contributed by atoms with Gasteiger partial charge in [-0.15, -0.1) is 0 Å². The zero-order valence-electron chi connectivity index (χ0n) is 17.4. The fourth-order valence-electron chi connectivity index (χ4n) is 3.04. The molecule has 1 aliphatic rings. The van der Waals surface area contributed by atoms with Crippen LogP contribution < -0.4 is 10.6 Å². The maximum absolute atomic E-state index is 5.92. The first-order chi connectivity index (χ1) is 14.3. The minimum absolute atomic E-state index is 0.594. The van der Waals surface area contributed by atoms with E-state index in [4.69, 9.17) is 9.47 Å². The van der Waals surface area contributed by atoms with E-state index >= 15 is 0 Å². The number of guanidine groups is 1. The molecule has 5 nitrogen and oxygen atoms in total. The molecule has 0 saturated heterocycles. The average molecular weight is 396 g/mol. The van der Waals surface area contributed by atoms with Crippen molar-refractivity contribution in [1.82, 2.24) is 10.6 Å². The van der Waals surface area contributed by atoms with E-state index in [2.05, 4.69) is 52.0 Å². The summed E-state index contributed by atoms with van der Waals surface area (Å²) >= 11 is 0. The fraction of sp³-hybridized carbons (Fsp3) is 0.458. The third-order valence-electron chi connectivity index (χ3n) is 4.97. The zero-order valence-corrected chi connectivity index (χ0v) is 17.4. The molecule has 0 bridgehead atoms. The lowest BCUT2D eigenvalue weighted by molar-refractivity contribution is 0.106. The van der Waals surface area contributed by atoms with Crippen LogP contribution in [0.3, 0.4) is 0 Å². The zero-order chi connectivity index (χ0) is 20.2. The second-order valence-corrected chi connectivity index (χ2v) is 7.47. The Bertz CT molecular complexity index is 745. The molecule has 0 unspecified atom stereocenters. The SMILES string of the molecule is CN=C(NCCCOCC1CC1)NCc1ccccc1COCc1ccccc1. The van der Waals surface area contributed by atoms with E-state index in [-0.39, 0.29) is 0 Å². The predicted octanol–water partition coefficient (Wildman–Crippen LogP) is 3.89. The van der Waals surface area contributed by atoms with Gasteiger partial charge in [0, 0.05) is 33.4 Å². The van der Waals surface area contributed by atoms with E-state index < -0.39 is 0 Å². The molecule has 156 valence electrons. The Morgan fingerprint density at radius 3 is 2.45 bits per heavy atom. The molecule has 1 fully saturated rings. The monoisotopic (exact) mass is 395 g/mol. The summed E-state index contributed by atoms with van der Waals surface area (Å²) in [5.74, 6) is 1.64. The van der Waals surface area contributed by atoms with Crippen molar-refractivity contribution in [1.29, 1.82) is 0 Å². The maximum Gasteiger partial charge on any atom is 0.191 e. The smallest absolute Gasteiger partial charge is 0.191 e. The van der Waals surface area contributed by atoms with Crippen molar-refractivity contribution in [3.63, 3.8) is 0 Å². The van der Waals surface area contributed by atoms with Crippen molar-refractivity contribution in [2.45, 2.75) is 39.0 Å². The van der Waals surface area contributed by atoms with E-state index in [9.17, 15) is 0 Å². The Morgan fingerprint density at radius 2 is 1.69 bits per heavy atom. The summed E-state index contributed by atoms with van der Waals surface area (Å²) in [4.78, 5) is 4.31. The minimum Gasteiger partial charge on any atom is -0.381 e. The minimum atomic E-state index is 0.594. The number of benzene rings is 2. The summed E-state index contributed by atoms with van der Waals surface area (Å²) < 4.78 is 11.6. The number of aliphatic imine (C=N–C) groups is 1. The quantitative estimate of drug-likeness (QED) is 0.325. The number of rotatable bonds is 12. The molecule has 2 aromatic carbocycles. The summed E-state index contributed by atoms with van der Waals surface area (Å²) in [5.41, 5.74) is 3.60. The summed E-state index contributed by atoms with van der Waals surface area (Å²) in [6, 6.07) is 18.6. The highest BCUT2D eigenvalue weighted by molar-refractivity contribution is 5.79. The van der Waals surface area contributed by atoms with Gasteiger partial charge in [0.15, 0.2) is 5.96 Å². The van der Waals surface area contributed by atoms with Gasteiger partial charge in [-0.2, -0.15) is 0 Å². The van der Waals surface area contributed by atoms with E-state index in [1.165, 1.54) is 29.5 Å². The second-order valence-electron chi connectivity index (χ2n) is 7.47. The molecule has 1 aliphatic carbocycles. The molecule has 2 N–H and O–H groups in total. The topological polar surface area (TPSA) is 54.9 Å². The Hall–Kier alpha value is -2.37. The first-order valence-corrected chi connectivity index (χ1v) is 10.6. The third-order valence-corrected chi connectivity index (χ3v) is 4.97. The highest BCUT2D eigenvalue weighted by atomic mass is 16.5. The van der Waals surface area contributed by atoms with Gasteiger partial charge < -0.3 is 20.1 Å². The molecule has 0 radical (unpaired) electrons. The molecule has 0 aliphatic heterocycles. The van der Waals surface area contributed by atoms with Gasteiger partial charge in [-0.3, -0.25) is 4.99 Å². The number of hydrogen-bond donors (Lipinski definition) is 2. The summed E-state index contributed by atoms with van der Waals surface area (Å²) in [6.45, 7) is 4.51. The molecular weight excluding hydrogens is 362 g/mol. The van der Waals surface area contributed by atoms with Gasteiger partial charge in [-0.05, 0) is 41.9 Å².